The van der Waals surface area contributed by atoms with Gasteiger partial charge in [-0.05, 0) is 36.6 Å². The van der Waals surface area contributed by atoms with Crippen LogP contribution in [0.5, 0.6) is 0 Å². The summed E-state index contributed by atoms with van der Waals surface area (Å²) < 4.78 is 92.0. The number of nitrogens with one attached hydrogen (secondary N) is 1. The largest absolute Gasteiger partial charge is 0.451 e. The second kappa shape index (κ2) is 8.89. The molecule has 1 saturated heterocycles. The minimum absolute atomic E-state index is 0.115. The highest BCUT2D eigenvalue weighted by Gasteiger charge is 2.43. The van der Waals surface area contributed by atoms with E-state index in [0.717, 1.165) is 20.9 Å². The van der Waals surface area contributed by atoms with Gasteiger partial charge in [-0.15, -0.1) is 0 Å². The molecular weight excluding hydrogens is 548 g/mol. The molecule has 0 radical (unpaired) electrons. The van der Waals surface area contributed by atoms with E-state index in [-0.39, 0.29) is 19.3 Å². The van der Waals surface area contributed by atoms with Gasteiger partial charge >= 0.3 is 12.4 Å². The van der Waals surface area contributed by atoms with Gasteiger partial charge in [0.1, 0.15) is 6.79 Å². The maximum Gasteiger partial charge on any atom is 0.451 e. The van der Waals surface area contributed by atoms with Gasteiger partial charge in [-0.2, -0.15) is 36.3 Å². The number of ether oxygens (including phenoxy) is 2. The number of rotatable bonds is 3. The van der Waals surface area contributed by atoms with Crippen molar-refractivity contribution in [3.63, 3.8) is 0 Å². The van der Waals surface area contributed by atoms with E-state index < -0.39 is 36.0 Å². The molecule has 0 aliphatic carbocycles. The fourth-order valence-corrected chi connectivity index (χ4v) is 4.92. The number of aromatic amines is 1. The number of hydrogen-bond donors (Lipinski definition) is 1. The zero-order chi connectivity index (χ0) is 25.0. The minimum atomic E-state index is -5.17. The number of benzene rings is 1. The molecule has 188 valence electrons. The van der Waals surface area contributed by atoms with Crippen molar-refractivity contribution in [1.82, 2.24) is 19.9 Å². The monoisotopic (exact) mass is 565 g/mol. The third-order valence-corrected chi connectivity index (χ3v) is 6.52. The fourth-order valence-electron chi connectivity index (χ4n) is 4.56. The lowest BCUT2D eigenvalue weighted by atomic mass is 9.91. The van der Waals surface area contributed by atoms with Crippen molar-refractivity contribution in [2.75, 3.05) is 31.5 Å². The lowest BCUT2D eigenvalue weighted by Gasteiger charge is -2.38. The molecule has 0 spiro atoms. The van der Waals surface area contributed by atoms with E-state index in [4.69, 9.17) is 9.47 Å². The molecule has 0 bridgehead atoms. The molecule has 5 rings (SSSR count). The summed E-state index contributed by atoms with van der Waals surface area (Å²) in [5, 5.41) is 0.928. The molecule has 3 aromatic rings. The van der Waals surface area contributed by atoms with Crippen LogP contribution >= 0.6 is 15.9 Å². The molecule has 1 aromatic carbocycles. The number of anilines is 1. The Morgan fingerprint density at radius 3 is 2.29 bits per heavy atom. The third-order valence-electron chi connectivity index (χ3n) is 6.03. The Morgan fingerprint density at radius 2 is 1.66 bits per heavy atom. The Kier molecular flexibility index (Phi) is 6.16. The van der Waals surface area contributed by atoms with E-state index in [1.807, 2.05) is 18.2 Å². The first kappa shape index (κ1) is 24.3. The van der Waals surface area contributed by atoms with Crippen LogP contribution in [0.4, 0.5) is 32.3 Å². The summed E-state index contributed by atoms with van der Waals surface area (Å²) in [7, 11) is 0. The van der Waals surface area contributed by atoms with Crippen molar-refractivity contribution in [1.29, 1.82) is 0 Å². The van der Waals surface area contributed by atoms with Gasteiger partial charge in [-0.3, -0.25) is 0 Å². The van der Waals surface area contributed by atoms with Gasteiger partial charge in [0, 0.05) is 33.5 Å². The Morgan fingerprint density at radius 1 is 1.00 bits per heavy atom. The highest BCUT2D eigenvalue weighted by atomic mass is 79.9. The molecule has 4 heterocycles. The second-order valence-corrected chi connectivity index (χ2v) is 9.32. The first-order valence-electron chi connectivity index (χ1n) is 10.6. The summed E-state index contributed by atoms with van der Waals surface area (Å²) in [6.45, 7) is 0.951. The van der Waals surface area contributed by atoms with Gasteiger partial charge in [-0.25, -0.2) is 4.98 Å². The number of H-pyrrole nitrogens is 1. The van der Waals surface area contributed by atoms with Gasteiger partial charge in [-0.1, -0.05) is 15.9 Å². The van der Waals surface area contributed by atoms with Crippen LogP contribution in [0.15, 0.2) is 22.7 Å². The molecule has 0 amide bonds. The zero-order valence-corrected chi connectivity index (χ0v) is 19.5. The maximum atomic E-state index is 13.4. The van der Waals surface area contributed by atoms with Crippen molar-refractivity contribution in [3.8, 4) is 0 Å². The third kappa shape index (κ3) is 4.83. The fraction of sp³-hybridized carbons (Fsp3) is 0.476. The van der Waals surface area contributed by atoms with Gasteiger partial charge in [0.05, 0.1) is 19.3 Å². The predicted molar refractivity (Wildman–Crippen MR) is 114 cm³/mol. The average molecular weight is 566 g/mol. The van der Waals surface area contributed by atoms with Crippen molar-refractivity contribution >= 4 is 32.8 Å². The van der Waals surface area contributed by atoms with Crippen molar-refractivity contribution in [2.45, 2.75) is 31.2 Å². The minimum Gasteiger partial charge on any atom is -0.356 e. The van der Waals surface area contributed by atoms with Gasteiger partial charge in [0.2, 0.25) is 17.6 Å². The van der Waals surface area contributed by atoms with Crippen molar-refractivity contribution in [3.05, 3.63) is 45.6 Å². The summed E-state index contributed by atoms with van der Waals surface area (Å²) in [4.78, 5) is 14.2. The van der Waals surface area contributed by atoms with Crippen LogP contribution in [-0.2, 0) is 28.2 Å². The van der Waals surface area contributed by atoms with Crippen LogP contribution in [0, 0.1) is 5.92 Å². The Bertz CT molecular complexity index is 1210. The van der Waals surface area contributed by atoms with Crippen LogP contribution in [0.3, 0.4) is 0 Å². The Hall–Kier alpha value is -2.45. The average Bonchev–Trinajstić information content (AvgIpc) is 3.17. The van der Waals surface area contributed by atoms with E-state index in [1.54, 1.807) is 0 Å². The molecule has 14 heteroatoms. The van der Waals surface area contributed by atoms with Crippen LogP contribution in [0.2, 0.25) is 0 Å². The predicted octanol–water partition coefficient (Wildman–Crippen LogP) is 5.27. The van der Waals surface area contributed by atoms with Gasteiger partial charge in [0.25, 0.3) is 0 Å². The lowest BCUT2D eigenvalue weighted by molar-refractivity contribution is -0.155. The molecule has 1 fully saturated rings. The summed E-state index contributed by atoms with van der Waals surface area (Å²) in [5.41, 5.74) is 2.45. The molecule has 1 atom stereocenters. The smallest absolute Gasteiger partial charge is 0.356 e. The summed E-state index contributed by atoms with van der Waals surface area (Å²) in [5.74, 6) is -4.58. The van der Waals surface area contributed by atoms with Gasteiger partial charge < -0.3 is 19.4 Å². The topological polar surface area (TPSA) is 76.2 Å². The maximum absolute atomic E-state index is 13.4. The first-order chi connectivity index (χ1) is 16.5. The first-order valence-corrected chi connectivity index (χ1v) is 11.4. The Labute approximate surface area is 203 Å². The molecule has 35 heavy (non-hydrogen) atoms. The molecule has 7 nitrogen and oxygen atoms in total. The molecule has 2 aliphatic heterocycles. The normalized spacial score (nSPS) is 19.9. The molecule has 0 unspecified atom stereocenters. The molecule has 2 aliphatic rings. The highest BCUT2D eigenvalue weighted by Crippen LogP contribution is 2.41. The zero-order valence-electron chi connectivity index (χ0n) is 17.9. The van der Waals surface area contributed by atoms with E-state index in [0.29, 0.717) is 31.7 Å². The highest BCUT2D eigenvalue weighted by molar-refractivity contribution is 9.10. The standard InChI is InChI=1S/C21H18BrF6N5O2/c22-11-1-2-14-13(6-11)12-3-4-33(15(16(12)29-14)5-10-7-34-9-35-8-10)19-31-17(20(23,24)25)30-18(32-19)21(26,27)28/h1-2,6,10,15,29H,3-5,7-9H2/t15-/m0/s1. The van der Waals surface area contributed by atoms with Crippen LogP contribution in [0.25, 0.3) is 10.9 Å². The van der Waals surface area contributed by atoms with Crippen LogP contribution in [0.1, 0.15) is 35.4 Å². The van der Waals surface area contributed by atoms with Crippen LogP contribution < -0.4 is 4.90 Å². The molecule has 1 N–H and O–H groups in total. The lowest BCUT2D eigenvalue weighted by Crippen LogP contribution is -2.40. The van der Waals surface area contributed by atoms with Crippen LogP contribution in [-0.4, -0.2) is 46.5 Å². The van der Waals surface area contributed by atoms with Crippen molar-refractivity contribution in [2.24, 2.45) is 5.92 Å². The van der Waals surface area contributed by atoms with E-state index >= 15 is 0 Å². The molecule has 2 aromatic heterocycles. The molecular formula is C21H18BrF6N5O2. The summed E-state index contributed by atoms with van der Waals surface area (Å²) in [6, 6.07) is 5.00. The van der Waals surface area contributed by atoms with E-state index in [2.05, 4.69) is 35.9 Å². The SMILES string of the molecule is FC(F)(F)c1nc(N2CCc3c([nH]c4ccc(Br)cc34)[C@@H]2CC2COCOC2)nc(C(F)(F)F)n1. The number of nitrogens with zero attached hydrogens (tertiary/aromatic N) is 4. The van der Waals surface area contributed by atoms with E-state index in [1.165, 1.54) is 4.90 Å². The second-order valence-electron chi connectivity index (χ2n) is 8.41. The number of hydrogen-bond acceptors (Lipinski definition) is 6. The number of alkyl halides is 6. The quantitative estimate of drug-likeness (QED) is 0.436. The number of fused-ring (bicyclic) bond motifs is 3. The van der Waals surface area contributed by atoms with E-state index in [9.17, 15) is 26.3 Å². The van der Waals surface area contributed by atoms with Crippen molar-refractivity contribution < 1.29 is 35.8 Å². The number of aromatic nitrogens is 4. The van der Waals surface area contributed by atoms with Gasteiger partial charge in [0.15, 0.2) is 0 Å². The summed E-state index contributed by atoms with van der Waals surface area (Å²) >= 11 is 3.44. The summed E-state index contributed by atoms with van der Waals surface area (Å²) in [6.07, 6.45) is -9.64. The molecule has 0 saturated carbocycles. The number of halogens is 7. The Balaban J connectivity index is 1.63.